The van der Waals surface area contributed by atoms with Gasteiger partial charge in [-0.05, 0) is 51.3 Å². The molecule has 0 saturated carbocycles. The summed E-state index contributed by atoms with van der Waals surface area (Å²) in [5.41, 5.74) is 3.21. The highest BCUT2D eigenvalue weighted by molar-refractivity contribution is 7.85. The molecule has 3 unspecified atom stereocenters. The molecule has 0 radical (unpaired) electrons. The van der Waals surface area contributed by atoms with Crippen LogP contribution in [0.4, 0.5) is 11.5 Å². The van der Waals surface area contributed by atoms with Crippen LogP contribution in [0.1, 0.15) is 53.8 Å². The number of nitrogens with zero attached hydrogens (tertiary/aromatic N) is 4. The van der Waals surface area contributed by atoms with Crippen molar-refractivity contribution in [2.75, 3.05) is 29.4 Å². The van der Waals surface area contributed by atoms with Crippen LogP contribution in [0.3, 0.4) is 0 Å². The number of carbonyl (C=O) groups is 1. The van der Waals surface area contributed by atoms with Gasteiger partial charge in [0.15, 0.2) is 5.65 Å². The molecule has 1 aromatic carbocycles. The van der Waals surface area contributed by atoms with E-state index in [-0.39, 0.29) is 24.6 Å². The normalized spacial score (nSPS) is 18.0. The van der Waals surface area contributed by atoms with Gasteiger partial charge in [-0.25, -0.2) is 13.7 Å². The van der Waals surface area contributed by atoms with Crippen molar-refractivity contribution in [1.82, 2.24) is 19.5 Å². The molecule has 9 nitrogen and oxygen atoms in total. The van der Waals surface area contributed by atoms with E-state index in [1.165, 1.54) is 6.26 Å². The summed E-state index contributed by atoms with van der Waals surface area (Å²) in [6, 6.07) is 6.52. The van der Waals surface area contributed by atoms with Gasteiger partial charge in [-0.15, -0.1) is 0 Å². The molecule has 1 fully saturated rings. The molecule has 0 spiro atoms. The van der Waals surface area contributed by atoms with Gasteiger partial charge in [-0.3, -0.25) is 4.79 Å². The molecule has 0 bridgehead atoms. The number of rotatable bonds is 7. The molecule has 11 heteroatoms. The number of carbonyl (C=O) groups excluding carboxylic acids is 1. The predicted octanol–water partition coefficient (Wildman–Crippen LogP) is 3.56. The molecule has 3 N–H and O–H groups in total. The maximum Gasteiger partial charge on any atom is 0.256 e. The minimum atomic E-state index is -1.33. The smallest absolute Gasteiger partial charge is 0.256 e. The van der Waals surface area contributed by atoms with Gasteiger partial charge < -0.3 is 20.0 Å². The molecule has 3 aromatic rings. The van der Waals surface area contributed by atoms with Crippen molar-refractivity contribution in [1.29, 1.82) is 0 Å². The van der Waals surface area contributed by atoms with Gasteiger partial charge in [0.25, 0.3) is 5.91 Å². The summed E-state index contributed by atoms with van der Waals surface area (Å²) in [4.78, 5) is 20.2. The first-order valence-electron chi connectivity index (χ1n) is 11.2. The highest BCUT2D eigenvalue weighted by Gasteiger charge is 2.32. The Labute approximate surface area is 206 Å². The number of fused-ring (bicyclic) bond motifs is 1. The number of halogens is 1. The fraction of sp³-hybridized carbons (Fsp3) is 0.435. The fourth-order valence-corrected chi connectivity index (χ4v) is 4.85. The third-order valence-electron chi connectivity index (χ3n) is 5.88. The summed E-state index contributed by atoms with van der Waals surface area (Å²) >= 11 is 6.20. The molecule has 1 amide bonds. The Morgan fingerprint density at radius 3 is 2.88 bits per heavy atom. The van der Waals surface area contributed by atoms with Crippen LogP contribution in [-0.2, 0) is 11.0 Å². The topological polar surface area (TPSA) is 112 Å². The number of aromatic nitrogens is 3. The lowest BCUT2D eigenvalue weighted by Gasteiger charge is -2.35. The average molecular weight is 505 g/mol. The predicted molar refractivity (Wildman–Crippen MR) is 135 cm³/mol. The number of amides is 1. The van der Waals surface area contributed by atoms with E-state index in [0.29, 0.717) is 34.3 Å². The van der Waals surface area contributed by atoms with E-state index in [1.54, 1.807) is 22.7 Å². The van der Waals surface area contributed by atoms with Crippen LogP contribution in [0.25, 0.3) is 5.65 Å². The summed E-state index contributed by atoms with van der Waals surface area (Å²) in [5.74, 6) is 0.514. The maximum absolute atomic E-state index is 13.7. The van der Waals surface area contributed by atoms with Crippen LogP contribution in [0, 0.1) is 6.92 Å². The Morgan fingerprint density at radius 1 is 1.35 bits per heavy atom. The summed E-state index contributed by atoms with van der Waals surface area (Å²) in [5, 5.41) is 17.7. The number of nitrogens with one attached hydrogen (secondary N) is 2. The third kappa shape index (κ3) is 5.18. The SMILES string of the molecule is Cc1cn2nc(C3CCCCN3C(=O)c3cc(Cl)ccc3NS(C)=O)cc2nc1NC(C)CO. The molecule has 3 heterocycles. The standard InChI is InChI=1S/C23H29ClN6O3S/c1-14-12-30-21(26-22(14)25-15(2)13-31)11-19(27-30)20-6-4-5-9-29(20)23(32)17-10-16(24)7-8-18(17)28-34(3)33/h7-8,10-12,15,20,28,31H,4-6,9,13H2,1-3H3,(H,25,26). The van der Waals surface area contributed by atoms with Gasteiger partial charge in [-0.2, -0.15) is 5.10 Å². The molecule has 1 saturated heterocycles. The monoisotopic (exact) mass is 504 g/mol. The molecular formula is C23H29ClN6O3S. The van der Waals surface area contributed by atoms with Crippen LogP contribution in [-0.4, -0.2) is 60.2 Å². The Bertz CT molecular complexity index is 1230. The second kappa shape index (κ2) is 10.3. The molecule has 1 aliphatic rings. The minimum Gasteiger partial charge on any atom is -0.394 e. The maximum atomic E-state index is 13.7. The lowest BCUT2D eigenvalue weighted by Crippen LogP contribution is -2.39. The van der Waals surface area contributed by atoms with Gasteiger partial charge in [0.05, 0.1) is 29.6 Å². The van der Waals surface area contributed by atoms with Gasteiger partial charge in [0.2, 0.25) is 0 Å². The van der Waals surface area contributed by atoms with Crippen molar-refractivity contribution in [3.63, 3.8) is 0 Å². The highest BCUT2D eigenvalue weighted by atomic mass is 35.5. The number of anilines is 2. The number of benzene rings is 1. The Balaban J connectivity index is 1.68. The van der Waals surface area contributed by atoms with E-state index < -0.39 is 11.0 Å². The number of hydrogen-bond donors (Lipinski definition) is 3. The van der Waals surface area contributed by atoms with E-state index in [0.717, 1.165) is 30.5 Å². The number of aliphatic hydroxyl groups is 1. The zero-order valence-corrected chi connectivity index (χ0v) is 21.0. The van der Waals surface area contributed by atoms with Crippen molar-refractivity contribution in [3.05, 3.63) is 52.3 Å². The lowest BCUT2D eigenvalue weighted by atomic mass is 9.98. The summed E-state index contributed by atoms with van der Waals surface area (Å²) in [7, 11) is -1.33. The van der Waals surface area contributed by atoms with E-state index in [2.05, 4.69) is 15.0 Å². The number of aryl methyl sites for hydroxylation is 1. The Morgan fingerprint density at radius 2 is 2.15 bits per heavy atom. The van der Waals surface area contributed by atoms with Crippen molar-refractivity contribution >= 4 is 45.6 Å². The molecular weight excluding hydrogens is 476 g/mol. The largest absolute Gasteiger partial charge is 0.394 e. The van der Waals surface area contributed by atoms with Crippen LogP contribution < -0.4 is 10.0 Å². The van der Waals surface area contributed by atoms with Crippen LogP contribution >= 0.6 is 11.6 Å². The highest BCUT2D eigenvalue weighted by Crippen LogP contribution is 2.34. The fourth-order valence-electron chi connectivity index (χ4n) is 4.19. The van der Waals surface area contributed by atoms with Gasteiger partial charge in [0, 0.05) is 41.7 Å². The zero-order valence-electron chi connectivity index (χ0n) is 19.4. The van der Waals surface area contributed by atoms with Gasteiger partial charge in [-0.1, -0.05) is 11.6 Å². The Hall–Kier alpha value is -2.69. The van der Waals surface area contributed by atoms with Crippen molar-refractivity contribution in [2.24, 2.45) is 0 Å². The van der Waals surface area contributed by atoms with E-state index in [9.17, 15) is 14.1 Å². The quantitative estimate of drug-likeness (QED) is 0.453. The van der Waals surface area contributed by atoms with Crippen LogP contribution in [0.15, 0.2) is 30.5 Å². The van der Waals surface area contributed by atoms with E-state index in [4.69, 9.17) is 16.7 Å². The van der Waals surface area contributed by atoms with Crippen molar-refractivity contribution in [2.45, 2.75) is 45.2 Å². The number of likely N-dealkylation sites (tertiary alicyclic amines) is 1. The first-order chi connectivity index (χ1) is 16.3. The summed E-state index contributed by atoms with van der Waals surface area (Å²) in [6.45, 7) is 4.40. The van der Waals surface area contributed by atoms with Crippen LogP contribution in [0.5, 0.6) is 0 Å². The molecule has 1 aliphatic heterocycles. The lowest BCUT2D eigenvalue weighted by molar-refractivity contribution is 0.0607. The second-order valence-corrected chi connectivity index (χ2v) is 10.2. The minimum absolute atomic E-state index is 0.00191. The molecule has 34 heavy (non-hydrogen) atoms. The summed E-state index contributed by atoms with van der Waals surface area (Å²) in [6.07, 6.45) is 6.06. The van der Waals surface area contributed by atoms with E-state index in [1.807, 2.05) is 31.0 Å². The summed E-state index contributed by atoms with van der Waals surface area (Å²) < 4.78 is 16.3. The molecule has 2 aromatic heterocycles. The first-order valence-corrected chi connectivity index (χ1v) is 13.2. The van der Waals surface area contributed by atoms with Gasteiger partial charge >= 0.3 is 0 Å². The molecule has 3 atom stereocenters. The van der Waals surface area contributed by atoms with Crippen LogP contribution in [0.2, 0.25) is 5.02 Å². The number of aliphatic hydroxyl groups excluding tert-OH is 1. The molecule has 4 rings (SSSR count). The van der Waals surface area contributed by atoms with Crippen molar-refractivity contribution in [3.8, 4) is 0 Å². The Kier molecular flexibility index (Phi) is 7.39. The van der Waals surface area contributed by atoms with Gasteiger partial charge in [0.1, 0.15) is 16.8 Å². The average Bonchev–Trinajstić information content (AvgIpc) is 3.22. The van der Waals surface area contributed by atoms with E-state index >= 15 is 0 Å². The third-order valence-corrected chi connectivity index (χ3v) is 6.62. The number of hydrogen-bond acceptors (Lipinski definition) is 6. The first kappa shape index (κ1) is 24.4. The zero-order chi connectivity index (χ0) is 24.4. The molecule has 0 aliphatic carbocycles. The number of piperidine rings is 1. The van der Waals surface area contributed by atoms with Crippen molar-refractivity contribution < 1.29 is 14.1 Å². The molecule has 182 valence electrons. The second-order valence-electron chi connectivity index (χ2n) is 8.63.